The Morgan fingerprint density at radius 3 is 2.88 bits per heavy atom. The highest BCUT2D eigenvalue weighted by molar-refractivity contribution is 4.97. The van der Waals surface area contributed by atoms with E-state index >= 15 is 0 Å². The molecule has 3 atom stereocenters. The fraction of sp³-hybridized carbons (Fsp3) is 0.923. The van der Waals surface area contributed by atoms with Crippen LogP contribution in [0.3, 0.4) is 0 Å². The van der Waals surface area contributed by atoms with Crippen molar-refractivity contribution in [2.45, 2.75) is 31.3 Å². The molecule has 1 saturated carbocycles. The predicted molar refractivity (Wildman–Crippen MR) is 68.7 cm³/mol. The maximum atomic E-state index is 9.06. The molecule has 4 nitrogen and oxygen atoms in total. The van der Waals surface area contributed by atoms with Crippen molar-refractivity contribution < 1.29 is 0 Å². The van der Waals surface area contributed by atoms with Gasteiger partial charge in [-0.1, -0.05) is 6.42 Å². The monoisotopic (exact) mass is 236 g/mol. The molecule has 0 aromatic heterocycles. The number of nitrogens with zero attached hydrogens (tertiary/aromatic N) is 3. The van der Waals surface area contributed by atoms with Crippen LogP contribution in [0.25, 0.3) is 0 Å². The summed E-state index contributed by atoms with van der Waals surface area (Å²) in [5.74, 6) is 0.238. The van der Waals surface area contributed by atoms with Gasteiger partial charge in [-0.15, -0.1) is 0 Å². The maximum absolute atomic E-state index is 9.06. The molecule has 4 heteroatoms. The van der Waals surface area contributed by atoms with E-state index in [1.54, 1.807) is 0 Å². The van der Waals surface area contributed by atoms with E-state index in [-0.39, 0.29) is 5.92 Å². The fourth-order valence-electron chi connectivity index (χ4n) is 2.97. The molecular weight excluding hydrogens is 212 g/mol. The van der Waals surface area contributed by atoms with Crippen molar-refractivity contribution in [3.8, 4) is 6.07 Å². The topological polar surface area (TPSA) is 42.3 Å². The number of hydrogen-bond acceptors (Lipinski definition) is 4. The van der Waals surface area contributed by atoms with Crippen molar-refractivity contribution in [3.05, 3.63) is 0 Å². The lowest BCUT2D eigenvalue weighted by Gasteiger charge is -2.38. The number of likely N-dealkylation sites (N-methyl/N-ethyl adjacent to an activating group) is 2. The average Bonchev–Trinajstić information content (AvgIpc) is 2.77. The fourth-order valence-corrected chi connectivity index (χ4v) is 2.97. The Kier molecular flexibility index (Phi) is 4.38. The van der Waals surface area contributed by atoms with Crippen LogP contribution in [0.5, 0.6) is 0 Å². The molecule has 1 saturated heterocycles. The number of hydrogen-bond donors (Lipinski definition) is 1. The molecule has 2 rings (SSSR count). The first kappa shape index (κ1) is 12.8. The van der Waals surface area contributed by atoms with Gasteiger partial charge in [0.2, 0.25) is 0 Å². The predicted octanol–water partition coefficient (Wildman–Crippen LogP) is 0.514. The summed E-state index contributed by atoms with van der Waals surface area (Å²) in [5, 5.41) is 12.7. The van der Waals surface area contributed by atoms with E-state index in [1.165, 1.54) is 12.8 Å². The van der Waals surface area contributed by atoms with Crippen LogP contribution >= 0.6 is 0 Å². The zero-order valence-electron chi connectivity index (χ0n) is 11.0. The van der Waals surface area contributed by atoms with E-state index in [0.29, 0.717) is 12.1 Å². The third-order valence-electron chi connectivity index (χ3n) is 4.28. The van der Waals surface area contributed by atoms with Gasteiger partial charge in [-0.05, 0) is 26.9 Å². The van der Waals surface area contributed by atoms with Crippen LogP contribution in [0.1, 0.15) is 19.3 Å². The molecular formula is C13H24N4. The standard InChI is InChI=1S/C13H24N4/c1-16-6-7-17(2)12(10-16)9-15-13-5-3-4-11(13)8-14/h11-13,15H,3-7,9-10H2,1-2H3. The molecule has 0 radical (unpaired) electrons. The summed E-state index contributed by atoms with van der Waals surface area (Å²) in [6.07, 6.45) is 3.45. The summed E-state index contributed by atoms with van der Waals surface area (Å²) in [5.41, 5.74) is 0. The molecule has 3 unspecified atom stereocenters. The molecule has 0 spiro atoms. The molecule has 1 aliphatic heterocycles. The van der Waals surface area contributed by atoms with Crippen LogP contribution in [0.4, 0.5) is 0 Å². The van der Waals surface area contributed by atoms with Crippen molar-refractivity contribution in [2.24, 2.45) is 5.92 Å². The average molecular weight is 236 g/mol. The first-order chi connectivity index (χ1) is 8.20. The molecule has 17 heavy (non-hydrogen) atoms. The Hall–Kier alpha value is -0.630. The summed E-state index contributed by atoms with van der Waals surface area (Å²) in [6.45, 7) is 4.46. The van der Waals surface area contributed by atoms with E-state index < -0.39 is 0 Å². The van der Waals surface area contributed by atoms with Gasteiger partial charge in [-0.25, -0.2) is 0 Å². The van der Waals surface area contributed by atoms with Gasteiger partial charge >= 0.3 is 0 Å². The first-order valence-electron chi connectivity index (χ1n) is 6.72. The Balaban J connectivity index is 1.79. The van der Waals surface area contributed by atoms with Crippen LogP contribution in [-0.2, 0) is 0 Å². The molecule has 0 amide bonds. The summed E-state index contributed by atoms with van der Waals surface area (Å²) in [7, 11) is 4.39. The lowest BCUT2D eigenvalue weighted by Crippen LogP contribution is -2.55. The lowest BCUT2D eigenvalue weighted by molar-refractivity contribution is 0.111. The second-order valence-corrected chi connectivity index (χ2v) is 5.58. The third-order valence-corrected chi connectivity index (χ3v) is 4.28. The van der Waals surface area contributed by atoms with Crippen LogP contribution in [-0.4, -0.2) is 62.2 Å². The maximum Gasteiger partial charge on any atom is 0.0672 e. The first-order valence-corrected chi connectivity index (χ1v) is 6.72. The Bertz CT molecular complexity index is 286. The highest BCUT2D eigenvalue weighted by Gasteiger charge is 2.28. The molecule has 0 aromatic rings. The molecule has 1 N–H and O–H groups in total. The van der Waals surface area contributed by atoms with E-state index in [1.807, 2.05) is 0 Å². The quantitative estimate of drug-likeness (QED) is 0.775. The molecule has 0 aromatic carbocycles. The van der Waals surface area contributed by atoms with E-state index in [2.05, 4.69) is 35.3 Å². The van der Waals surface area contributed by atoms with Crippen LogP contribution in [0.15, 0.2) is 0 Å². The largest absolute Gasteiger partial charge is 0.311 e. The van der Waals surface area contributed by atoms with Gasteiger partial charge in [0.05, 0.1) is 12.0 Å². The van der Waals surface area contributed by atoms with Gasteiger partial charge < -0.3 is 10.2 Å². The molecule has 0 bridgehead atoms. The summed E-state index contributed by atoms with van der Waals surface area (Å²) < 4.78 is 0. The summed E-state index contributed by atoms with van der Waals surface area (Å²) in [6, 6.07) is 3.46. The molecule has 2 aliphatic rings. The van der Waals surface area contributed by atoms with E-state index in [9.17, 15) is 0 Å². The Labute approximate surface area is 105 Å². The van der Waals surface area contributed by atoms with Crippen molar-refractivity contribution >= 4 is 0 Å². The van der Waals surface area contributed by atoms with Crippen LogP contribution in [0, 0.1) is 17.2 Å². The summed E-state index contributed by atoms with van der Waals surface area (Å²) >= 11 is 0. The van der Waals surface area contributed by atoms with Gasteiger partial charge in [0.15, 0.2) is 0 Å². The smallest absolute Gasteiger partial charge is 0.0672 e. The highest BCUT2D eigenvalue weighted by Crippen LogP contribution is 2.24. The minimum absolute atomic E-state index is 0.238. The van der Waals surface area contributed by atoms with E-state index in [0.717, 1.165) is 32.6 Å². The zero-order chi connectivity index (χ0) is 12.3. The van der Waals surface area contributed by atoms with Crippen LogP contribution in [0.2, 0.25) is 0 Å². The number of rotatable bonds is 3. The summed E-state index contributed by atoms with van der Waals surface area (Å²) in [4.78, 5) is 4.83. The van der Waals surface area contributed by atoms with Gasteiger partial charge in [-0.3, -0.25) is 4.90 Å². The van der Waals surface area contributed by atoms with Crippen molar-refractivity contribution in [1.29, 1.82) is 5.26 Å². The normalized spacial score (nSPS) is 35.9. The van der Waals surface area contributed by atoms with Crippen LogP contribution < -0.4 is 5.32 Å². The highest BCUT2D eigenvalue weighted by atomic mass is 15.3. The van der Waals surface area contributed by atoms with Crippen molar-refractivity contribution in [3.63, 3.8) is 0 Å². The van der Waals surface area contributed by atoms with Gasteiger partial charge in [-0.2, -0.15) is 5.26 Å². The second kappa shape index (κ2) is 5.81. The number of nitrogens with one attached hydrogen (secondary N) is 1. The molecule has 2 fully saturated rings. The second-order valence-electron chi connectivity index (χ2n) is 5.58. The SMILES string of the molecule is CN1CCN(C)C(CNC2CCCC2C#N)C1. The van der Waals surface area contributed by atoms with Crippen molar-refractivity contribution in [1.82, 2.24) is 15.1 Å². The lowest BCUT2D eigenvalue weighted by atomic mass is 10.1. The zero-order valence-corrected chi connectivity index (χ0v) is 11.0. The molecule has 1 heterocycles. The van der Waals surface area contributed by atoms with Gasteiger partial charge in [0.1, 0.15) is 0 Å². The van der Waals surface area contributed by atoms with Crippen molar-refractivity contribution in [2.75, 3.05) is 40.3 Å². The van der Waals surface area contributed by atoms with E-state index in [4.69, 9.17) is 5.26 Å². The van der Waals surface area contributed by atoms with Gasteiger partial charge in [0, 0.05) is 38.3 Å². The minimum Gasteiger partial charge on any atom is -0.311 e. The third kappa shape index (κ3) is 3.19. The molecule has 96 valence electrons. The number of nitriles is 1. The minimum atomic E-state index is 0.238. The molecule has 1 aliphatic carbocycles. The van der Waals surface area contributed by atoms with Gasteiger partial charge in [0.25, 0.3) is 0 Å². The Morgan fingerprint density at radius 2 is 2.12 bits per heavy atom. The Morgan fingerprint density at radius 1 is 1.29 bits per heavy atom. The number of piperazine rings is 1.